The summed E-state index contributed by atoms with van der Waals surface area (Å²) in [5, 5.41) is 3.64. The van der Waals surface area contributed by atoms with Crippen molar-refractivity contribution in [3.8, 4) is 5.88 Å². The number of hydrogen-bond acceptors (Lipinski definition) is 3. The summed E-state index contributed by atoms with van der Waals surface area (Å²) in [7, 11) is 1.68. The fourth-order valence-electron chi connectivity index (χ4n) is 2.77. The lowest BCUT2D eigenvalue weighted by Crippen LogP contribution is -2.32. The molecule has 2 rings (SSSR count). The SMILES string of the molecule is CCC1CCC(NCc2cccnc2OC)CC1. The van der Waals surface area contributed by atoms with Crippen molar-refractivity contribution >= 4 is 0 Å². The van der Waals surface area contributed by atoms with Gasteiger partial charge in [0.05, 0.1) is 7.11 Å². The molecule has 0 atom stereocenters. The first-order valence-electron chi connectivity index (χ1n) is 7.04. The minimum atomic E-state index is 0.665. The summed E-state index contributed by atoms with van der Waals surface area (Å²) in [6, 6.07) is 4.71. The van der Waals surface area contributed by atoms with Gasteiger partial charge in [0.25, 0.3) is 0 Å². The Morgan fingerprint density at radius 3 is 2.78 bits per heavy atom. The zero-order chi connectivity index (χ0) is 12.8. The van der Waals surface area contributed by atoms with Gasteiger partial charge in [-0.1, -0.05) is 19.4 Å². The molecule has 1 aromatic heterocycles. The van der Waals surface area contributed by atoms with Crippen LogP contribution in [0.1, 0.15) is 44.6 Å². The third kappa shape index (κ3) is 3.45. The van der Waals surface area contributed by atoms with E-state index in [1.54, 1.807) is 13.3 Å². The Hall–Kier alpha value is -1.09. The zero-order valence-electron chi connectivity index (χ0n) is 11.5. The van der Waals surface area contributed by atoms with E-state index in [2.05, 4.69) is 23.3 Å². The van der Waals surface area contributed by atoms with Crippen LogP contribution in [-0.2, 0) is 6.54 Å². The number of hydrogen-bond donors (Lipinski definition) is 1. The summed E-state index contributed by atoms with van der Waals surface area (Å²) in [4.78, 5) is 4.22. The van der Waals surface area contributed by atoms with E-state index in [1.807, 2.05) is 6.07 Å². The molecule has 0 aromatic carbocycles. The van der Waals surface area contributed by atoms with Crippen LogP contribution in [0.4, 0.5) is 0 Å². The molecule has 0 spiro atoms. The molecule has 0 saturated heterocycles. The third-order valence-corrected chi connectivity index (χ3v) is 4.05. The largest absolute Gasteiger partial charge is 0.481 e. The minimum Gasteiger partial charge on any atom is -0.481 e. The van der Waals surface area contributed by atoms with Crippen LogP contribution in [0.3, 0.4) is 0 Å². The van der Waals surface area contributed by atoms with Crippen LogP contribution in [-0.4, -0.2) is 18.1 Å². The predicted octanol–water partition coefficient (Wildman–Crippen LogP) is 3.15. The second-order valence-corrected chi connectivity index (χ2v) is 5.18. The first-order chi connectivity index (χ1) is 8.83. The number of aromatic nitrogens is 1. The van der Waals surface area contributed by atoms with Crippen molar-refractivity contribution in [1.82, 2.24) is 10.3 Å². The van der Waals surface area contributed by atoms with Crippen molar-refractivity contribution in [3.05, 3.63) is 23.9 Å². The van der Waals surface area contributed by atoms with Crippen molar-refractivity contribution in [2.24, 2.45) is 5.92 Å². The molecule has 0 bridgehead atoms. The van der Waals surface area contributed by atoms with Gasteiger partial charge in [0.2, 0.25) is 5.88 Å². The van der Waals surface area contributed by atoms with Crippen LogP contribution >= 0.6 is 0 Å². The molecule has 1 aliphatic rings. The Kier molecular flexibility index (Phi) is 5.00. The number of methoxy groups -OCH3 is 1. The van der Waals surface area contributed by atoms with Crippen molar-refractivity contribution < 1.29 is 4.74 Å². The van der Waals surface area contributed by atoms with Crippen LogP contribution in [0.25, 0.3) is 0 Å². The van der Waals surface area contributed by atoms with Crippen LogP contribution in [0, 0.1) is 5.92 Å². The molecule has 1 heterocycles. The summed E-state index contributed by atoms with van der Waals surface area (Å²) < 4.78 is 5.27. The van der Waals surface area contributed by atoms with E-state index in [0.29, 0.717) is 6.04 Å². The maximum absolute atomic E-state index is 5.27. The second kappa shape index (κ2) is 6.74. The lowest BCUT2D eigenvalue weighted by Gasteiger charge is -2.28. The average Bonchev–Trinajstić information content (AvgIpc) is 2.46. The Balaban J connectivity index is 1.81. The molecule has 3 nitrogen and oxygen atoms in total. The fraction of sp³-hybridized carbons (Fsp3) is 0.667. The standard InChI is InChI=1S/C15H24N2O/c1-3-12-6-8-14(9-7-12)17-11-13-5-4-10-16-15(13)18-2/h4-5,10,12,14,17H,3,6-9,11H2,1-2H3. The third-order valence-electron chi connectivity index (χ3n) is 4.05. The molecule has 0 amide bonds. The monoisotopic (exact) mass is 248 g/mol. The van der Waals surface area contributed by atoms with Gasteiger partial charge in [-0.05, 0) is 37.7 Å². The lowest BCUT2D eigenvalue weighted by molar-refractivity contribution is 0.284. The number of pyridine rings is 1. The van der Waals surface area contributed by atoms with Gasteiger partial charge in [0, 0.05) is 24.3 Å². The topological polar surface area (TPSA) is 34.2 Å². The summed E-state index contributed by atoms with van der Waals surface area (Å²) >= 11 is 0. The van der Waals surface area contributed by atoms with Gasteiger partial charge in [0.1, 0.15) is 0 Å². The van der Waals surface area contributed by atoms with Crippen LogP contribution in [0.2, 0.25) is 0 Å². The maximum atomic E-state index is 5.27. The first kappa shape index (κ1) is 13.3. The Morgan fingerprint density at radius 2 is 2.11 bits per heavy atom. The second-order valence-electron chi connectivity index (χ2n) is 5.18. The quantitative estimate of drug-likeness (QED) is 0.869. The van der Waals surface area contributed by atoms with Crippen molar-refractivity contribution in [2.45, 2.75) is 51.6 Å². The molecule has 100 valence electrons. The molecule has 18 heavy (non-hydrogen) atoms. The molecular formula is C15H24N2O. The molecular weight excluding hydrogens is 224 g/mol. The number of nitrogens with one attached hydrogen (secondary N) is 1. The smallest absolute Gasteiger partial charge is 0.217 e. The van der Waals surface area contributed by atoms with Crippen LogP contribution in [0.5, 0.6) is 5.88 Å². The number of ether oxygens (including phenoxy) is 1. The molecule has 1 fully saturated rings. The average molecular weight is 248 g/mol. The van der Waals surface area contributed by atoms with E-state index < -0.39 is 0 Å². The molecule has 1 aliphatic carbocycles. The van der Waals surface area contributed by atoms with Crippen molar-refractivity contribution in [1.29, 1.82) is 0 Å². The molecule has 1 N–H and O–H groups in total. The highest BCUT2D eigenvalue weighted by Crippen LogP contribution is 2.26. The molecule has 0 unspecified atom stereocenters. The first-order valence-corrected chi connectivity index (χ1v) is 7.04. The Labute approximate surface area is 110 Å². The normalized spacial score (nSPS) is 23.9. The highest BCUT2D eigenvalue weighted by Gasteiger charge is 2.19. The van der Waals surface area contributed by atoms with Gasteiger partial charge in [-0.25, -0.2) is 4.98 Å². The van der Waals surface area contributed by atoms with E-state index >= 15 is 0 Å². The van der Waals surface area contributed by atoms with Crippen LogP contribution < -0.4 is 10.1 Å². The summed E-state index contributed by atoms with van der Waals surface area (Å²) in [5.74, 6) is 1.70. The van der Waals surface area contributed by atoms with Crippen molar-refractivity contribution in [2.75, 3.05) is 7.11 Å². The van der Waals surface area contributed by atoms with Crippen LogP contribution in [0.15, 0.2) is 18.3 Å². The van der Waals surface area contributed by atoms with Gasteiger partial charge in [0.15, 0.2) is 0 Å². The summed E-state index contributed by atoms with van der Waals surface area (Å²) in [6.07, 6.45) is 8.47. The number of rotatable bonds is 5. The summed E-state index contributed by atoms with van der Waals surface area (Å²) in [6.45, 7) is 3.16. The maximum Gasteiger partial charge on any atom is 0.217 e. The van der Waals surface area contributed by atoms with E-state index in [0.717, 1.165) is 23.9 Å². The molecule has 0 aliphatic heterocycles. The van der Waals surface area contributed by atoms with Gasteiger partial charge in [-0.15, -0.1) is 0 Å². The van der Waals surface area contributed by atoms with Gasteiger partial charge in [-0.3, -0.25) is 0 Å². The molecule has 1 aromatic rings. The highest BCUT2D eigenvalue weighted by atomic mass is 16.5. The predicted molar refractivity (Wildman–Crippen MR) is 73.7 cm³/mol. The Morgan fingerprint density at radius 1 is 1.33 bits per heavy atom. The Bertz CT molecular complexity index is 359. The molecule has 1 saturated carbocycles. The van der Waals surface area contributed by atoms with Crippen molar-refractivity contribution in [3.63, 3.8) is 0 Å². The van der Waals surface area contributed by atoms with E-state index in [1.165, 1.54) is 32.1 Å². The fourth-order valence-corrected chi connectivity index (χ4v) is 2.77. The lowest BCUT2D eigenvalue weighted by atomic mass is 9.84. The summed E-state index contributed by atoms with van der Waals surface area (Å²) in [5.41, 5.74) is 1.15. The van der Waals surface area contributed by atoms with Gasteiger partial charge >= 0.3 is 0 Å². The zero-order valence-corrected chi connectivity index (χ0v) is 11.5. The van der Waals surface area contributed by atoms with Gasteiger partial charge < -0.3 is 10.1 Å². The molecule has 3 heteroatoms. The van der Waals surface area contributed by atoms with E-state index in [9.17, 15) is 0 Å². The highest BCUT2D eigenvalue weighted by molar-refractivity contribution is 5.25. The van der Waals surface area contributed by atoms with E-state index in [-0.39, 0.29) is 0 Å². The number of nitrogens with zero attached hydrogens (tertiary/aromatic N) is 1. The molecule has 0 radical (unpaired) electrons. The van der Waals surface area contributed by atoms with Gasteiger partial charge in [-0.2, -0.15) is 0 Å². The van der Waals surface area contributed by atoms with E-state index in [4.69, 9.17) is 4.74 Å². The minimum absolute atomic E-state index is 0.665.